The number of nitrogens with zero attached hydrogens (tertiary/aromatic N) is 2. The predicted octanol–water partition coefficient (Wildman–Crippen LogP) is 3.16. The summed E-state index contributed by atoms with van der Waals surface area (Å²) in [5.41, 5.74) is 1.32. The number of rotatable bonds is 2. The van der Waals surface area contributed by atoms with Gasteiger partial charge in [-0.25, -0.2) is 4.79 Å². The molecule has 2 amide bonds. The number of nitrogens with one attached hydrogen (secondary N) is 1. The highest BCUT2D eigenvalue weighted by atomic mass is 32.2. The first-order valence-electron chi connectivity index (χ1n) is 6.78. The van der Waals surface area contributed by atoms with E-state index in [1.54, 1.807) is 24.3 Å². The van der Waals surface area contributed by atoms with Gasteiger partial charge >= 0.3 is 6.03 Å². The Balaban J connectivity index is 1.95. The van der Waals surface area contributed by atoms with E-state index in [4.69, 9.17) is 5.26 Å². The molecule has 1 aliphatic rings. The number of anilines is 1. The van der Waals surface area contributed by atoms with Crippen molar-refractivity contribution in [1.29, 1.82) is 5.26 Å². The lowest BCUT2D eigenvalue weighted by Crippen LogP contribution is -2.45. The van der Waals surface area contributed by atoms with Gasteiger partial charge in [-0.05, 0) is 30.2 Å². The molecule has 1 aromatic rings. The fourth-order valence-corrected chi connectivity index (χ4v) is 3.39. The van der Waals surface area contributed by atoms with E-state index < -0.39 is 0 Å². The fraction of sp³-hybridized carbons (Fsp3) is 0.467. The molecule has 0 saturated carbocycles. The molecule has 1 fully saturated rings. The van der Waals surface area contributed by atoms with E-state index in [1.165, 1.54) is 0 Å². The van der Waals surface area contributed by atoms with E-state index in [0.29, 0.717) is 16.7 Å². The van der Waals surface area contributed by atoms with Crippen LogP contribution in [-0.2, 0) is 0 Å². The molecule has 20 heavy (non-hydrogen) atoms. The van der Waals surface area contributed by atoms with Gasteiger partial charge in [0, 0.05) is 29.8 Å². The minimum absolute atomic E-state index is 0.0549. The first-order valence-corrected chi connectivity index (χ1v) is 7.82. The lowest BCUT2D eigenvalue weighted by molar-refractivity contribution is 0.211. The quantitative estimate of drug-likeness (QED) is 0.910. The fourth-order valence-electron chi connectivity index (χ4n) is 2.09. The van der Waals surface area contributed by atoms with Crippen LogP contribution in [0, 0.1) is 17.2 Å². The molecule has 1 N–H and O–H groups in total. The Bertz CT molecular complexity index is 507. The van der Waals surface area contributed by atoms with Crippen LogP contribution in [0.25, 0.3) is 0 Å². The summed E-state index contributed by atoms with van der Waals surface area (Å²) in [7, 11) is 0. The van der Waals surface area contributed by atoms with E-state index >= 15 is 0 Å². The summed E-state index contributed by atoms with van der Waals surface area (Å²) >= 11 is 1.95. The Morgan fingerprint density at radius 1 is 1.45 bits per heavy atom. The van der Waals surface area contributed by atoms with Crippen molar-refractivity contribution < 1.29 is 4.79 Å². The van der Waals surface area contributed by atoms with E-state index in [9.17, 15) is 4.79 Å². The molecule has 1 atom stereocenters. The SMILES string of the molecule is CC(C)C1CN(C(=O)Nc2ccc(C#N)cc2)CCS1. The minimum Gasteiger partial charge on any atom is -0.323 e. The summed E-state index contributed by atoms with van der Waals surface area (Å²) in [6.07, 6.45) is 0. The molecule has 2 rings (SSSR count). The zero-order valence-corrected chi connectivity index (χ0v) is 12.6. The number of urea groups is 1. The normalized spacial score (nSPS) is 18.7. The highest BCUT2D eigenvalue weighted by molar-refractivity contribution is 8.00. The molecule has 5 heteroatoms. The molecule has 1 aliphatic heterocycles. The topological polar surface area (TPSA) is 56.1 Å². The molecule has 1 aromatic carbocycles. The molecule has 4 nitrogen and oxygen atoms in total. The van der Waals surface area contributed by atoms with Crippen molar-refractivity contribution in [2.45, 2.75) is 19.1 Å². The summed E-state index contributed by atoms with van der Waals surface area (Å²) in [6.45, 7) is 5.97. The van der Waals surface area contributed by atoms with Crippen LogP contribution in [-0.4, -0.2) is 35.0 Å². The number of carbonyl (C=O) groups is 1. The molecule has 1 saturated heterocycles. The summed E-state index contributed by atoms with van der Waals surface area (Å²) in [4.78, 5) is 14.1. The summed E-state index contributed by atoms with van der Waals surface area (Å²) in [5, 5.41) is 12.1. The van der Waals surface area contributed by atoms with Crippen molar-refractivity contribution in [3.05, 3.63) is 29.8 Å². The summed E-state index contributed by atoms with van der Waals surface area (Å²) in [6, 6.07) is 8.94. The van der Waals surface area contributed by atoms with E-state index in [0.717, 1.165) is 24.5 Å². The zero-order chi connectivity index (χ0) is 14.5. The van der Waals surface area contributed by atoms with Gasteiger partial charge in [-0.1, -0.05) is 13.8 Å². The number of carbonyl (C=O) groups excluding carboxylic acids is 1. The molecule has 0 spiro atoms. The Labute approximate surface area is 124 Å². The largest absolute Gasteiger partial charge is 0.323 e. The smallest absolute Gasteiger partial charge is 0.321 e. The second-order valence-corrected chi connectivity index (χ2v) is 6.57. The predicted molar refractivity (Wildman–Crippen MR) is 82.8 cm³/mol. The van der Waals surface area contributed by atoms with Crippen molar-refractivity contribution in [3.8, 4) is 6.07 Å². The first kappa shape index (κ1) is 14.7. The van der Waals surface area contributed by atoms with Crippen LogP contribution in [0.15, 0.2) is 24.3 Å². The standard InChI is InChI=1S/C15H19N3OS/c1-11(2)14-10-18(7-8-20-14)15(19)17-13-5-3-12(9-16)4-6-13/h3-6,11,14H,7-8,10H2,1-2H3,(H,17,19). The highest BCUT2D eigenvalue weighted by Crippen LogP contribution is 2.25. The number of thioether (sulfide) groups is 1. The van der Waals surface area contributed by atoms with Crippen LogP contribution in [0.3, 0.4) is 0 Å². The lowest BCUT2D eigenvalue weighted by atomic mass is 10.1. The van der Waals surface area contributed by atoms with Crippen molar-refractivity contribution >= 4 is 23.5 Å². The van der Waals surface area contributed by atoms with Gasteiger partial charge in [-0.15, -0.1) is 0 Å². The molecule has 0 aliphatic carbocycles. The van der Waals surface area contributed by atoms with Crippen LogP contribution in [0.4, 0.5) is 10.5 Å². The van der Waals surface area contributed by atoms with Gasteiger partial charge in [0.25, 0.3) is 0 Å². The van der Waals surface area contributed by atoms with Crippen LogP contribution >= 0.6 is 11.8 Å². The molecule has 0 radical (unpaired) electrons. The Hall–Kier alpha value is -1.67. The Morgan fingerprint density at radius 3 is 2.75 bits per heavy atom. The number of nitriles is 1. The van der Waals surface area contributed by atoms with Gasteiger partial charge in [-0.3, -0.25) is 0 Å². The van der Waals surface area contributed by atoms with Gasteiger partial charge in [0.15, 0.2) is 0 Å². The third-order valence-electron chi connectivity index (χ3n) is 3.39. The molecule has 0 aromatic heterocycles. The van der Waals surface area contributed by atoms with Crippen LogP contribution in [0.2, 0.25) is 0 Å². The molecule has 0 bridgehead atoms. The van der Waals surface area contributed by atoms with Gasteiger partial charge in [0.05, 0.1) is 11.6 Å². The van der Waals surface area contributed by atoms with Crippen LogP contribution < -0.4 is 5.32 Å². The lowest BCUT2D eigenvalue weighted by Gasteiger charge is -2.34. The molecule has 106 valence electrons. The Kier molecular flexibility index (Phi) is 4.91. The van der Waals surface area contributed by atoms with Gasteiger partial charge in [-0.2, -0.15) is 17.0 Å². The first-order chi connectivity index (χ1) is 9.60. The van der Waals surface area contributed by atoms with Crippen molar-refractivity contribution in [3.63, 3.8) is 0 Å². The van der Waals surface area contributed by atoms with Crippen molar-refractivity contribution in [1.82, 2.24) is 4.90 Å². The van der Waals surface area contributed by atoms with E-state index in [1.807, 2.05) is 16.7 Å². The summed E-state index contributed by atoms with van der Waals surface area (Å²) in [5.74, 6) is 1.56. The Morgan fingerprint density at radius 2 is 2.15 bits per heavy atom. The van der Waals surface area contributed by atoms with Crippen molar-refractivity contribution in [2.75, 3.05) is 24.2 Å². The monoisotopic (exact) mass is 289 g/mol. The highest BCUT2D eigenvalue weighted by Gasteiger charge is 2.25. The average Bonchev–Trinajstić information content (AvgIpc) is 2.48. The number of benzene rings is 1. The maximum Gasteiger partial charge on any atom is 0.321 e. The van der Waals surface area contributed by atoms with Crippen LogP contribution in [0.1, 0.15) is 19.4 Å². The number of amides is 2. The minimum atomic E-state index is -0.0549. The third-order valence-corrected chi connectivity index (χ3v) is 4.93. The second kappa shape index (κ2) is 6.67. The van der Waals surface area contributed by atoms with Gasteiger partial charge in [0.1, 0.15) is 0 Å². The molecule has 1 heterocycles. The second-order valence-electron chi connectivity index (χ2n) is 5.22. The van der Waals surface area contributed by atoms with Gasteiger partial charge in [0.2, 0.25) is 0 Å². The zero-order valence-electron chi connectivity index (χ0n) is 11.8. The van der Waals surface area contributed by atoms with Crippen molar-refractivity contribution in [2.24, 2.45) is 5.92 Å². The third kappa shape index (κ3) is 3.67. The van der Waals surface area contributed by atoms with Gasteiger partial charge < -0.3 is 10.2 Å². The van der Waals surface area contributed by atoms with Crippen LogP contribution in [0.5, 0.6) is 0 Å². The maximum absolute atomic E-state index is 12.2. The van der Waals surface area contributed by atoms with E-state index in [2.05, 4.69) is 25.2 Å². The van der Waals surface area contributed by atoms with E-state index in [-0.39, 0.29) is 6.03 Å². The molecular weight excluding hydrogens is 270 g/mol. The number of hydrogen-bond donors (Lipinski definition) is 1. The maximum atomic E-state index is 12.2. The average molecular weight is 289 g/mol. The summed E-state index contributed by atoms with van der Waals surface area (Å²) < 4.78 is 0. The molecule has 1 unspecified atom stereocenters. The number of hydrogen-bond acceptors (Lipinski definition) is 3. The molecular formula is C15H19N3OS.